The van der Waals surface area contributed by atoms with E-state index in [-0.39, 0.29) is 6.61 Å². The first-order chi connectivity index (χ1) is 17.5. The zero-order valence-corrected chi connectivity index (χ0v) is 22.8. The lowest BCUT2D eigenvalue weighted by Crippen LogP contribution is -2.51. The highest BCUT2D eigenvalue weighted by Crippen LogP contribution is 2.29. The molecule has 2 aromatic heterocycles. The fourth-order valence-corrected chi connectivity index (χ4v) is 3.70. The van der Waals surface area contributed by atoms with Gasteiger partial charge in [0.1, 0.15) is 12.4 Å². The minimum Gasteiger partial charge on any atom is -0.489 e. The summed E-state index contributed by atoms with van der Waals surface area (Å²) in [6.45, 7) is 12.2. The molecule has 2 aromatic rings. The molecule has 1 N–H and O–H groups in total. The minimum atomic E-state index is -0.620. The van der Waals surface area contributed by atoms with Gasteiger partial charge in [-0.25, -0.2) is 4.79 Å². The molecule has 2 amide bonds. The van der Waals surface area contributed by atoms with Crippen molar-refractivity contribution in [3.8, 4) is 5.75 Å². The van der Waals surface area contributed by atoms with E-state index in [4.69, 9.17) is 21.2 Å². The Labute approximate surface area is 222 Å². The predicted octanol–water partition coefficient (Wildman–Crippen LogP) is 5.27. The average molecular weight is 525 g/mol. The molecule has 0 unspecified atom stereocenters. The van der Waals surface area contributed by atoms with E-state index in [1.807, 2.05) is 57.6 Å². The van der Waals surface area contributed by atoms with E-state index in [1.54, 1.807) is 12.3 Å². The van der Waals surface area contributed by atoms with Crippen molar-refractivity contribution in [2.24, 2.45) is 12.0 Å². The zero-order valence-electron chi connectivity index (χ0n) is 22.1. The summed E-state index contributed by atoms with van der Waals surface area (Å²) in [5.74, 6) is 0.738. The van der Waals surface area contributed by atoms with Gasteiger partial charge in [-0.2, -0.15) is 10.2 Å². The number of allylic oxidation sites excluding steroid dienone is 4. The Bertz CT molecular complexity index is 1280. The van der Waals surface area contributed by atoms with Gasteiger partial charge in [0.15, 0.2) is 5.75 Å². The summed E-state index contributed by atoms with van der Waals surface area (Å²) in [7, 11) is 3.45. The fraction of sp³-hybridized carbons (Fsp3) is 0.333. The molecule has 0 bridgehead atoms. The van der Waals surface area contributed by atoms with Gasteiger partial charge in [-0.15, -0.1) is 0 Å². The first-order valence-electron chi connectivity index (χ1n) is 11.7. The summed E-state index contributed by atoms with van der Waals surface area (Å²) >= 11 is 6.39. The molecule has 196 valence electrons. The van der Waals surface area contributed by atoms with E-state index >= 15 is 0 Å². The maximum atomic E-state index is 12.4. The van der Waals surface area contributed by atoms with Crippen molar-refractivity contribution in [3.63, 3.8) is 0 Å². The smallest absolute Gasteiger partial charge is 0.350 e. The molecule has 0 atom stereocenters. The van der Waals surface area contributed by atoms with Crippen molar-refractivity contribution in [1.82, 2.24) is 25.1 Å². The summed E-state index contributed by atoms with van der Waals surface area (Å²) in [6, 6.07) is 1.58. The molecule has 0 radical (unpaired) electrons. The number of halogens is 1. The number of carbonyl (C=O) groups is 1. The van der Waals surface area contributed by atoms with Gasteiger partial charge in [0.2, 0.25) is 0 Å². The number of pyridine rings is 1. The molecule has 0 saturated carbocycles. The van der Waals surface area contributed by atoms with Crippen LogP contribution < -0.4 is 10.2 Å². The van der Waals surface area contributed by atoms with Crippen molar-refractivity contribution < 1.29 is 14.4 Å². The monoisotopic (exact) mass is 524 g/mol. The molecule has 9 nitrogen and oxygen atoms in total. The molecule has 1 aliphatic heterocycles. The number of rotatable bonds is 8. The molecule has 1 aliphatic rings. The largest absolute Gasteiger partial charge is 0.489 e. The second-order valence-electron chi connectivity index (χ2n) is 9.37. The standard InChI is InChI=1S/C27H33ClN6O3/c1-18-13-21(24-11-12-32-33(24)7)20(14-31-18)10-8-9-19(2)36-17-22-23(28)15-30-16-25(22)37-34(26(35)29-6)27(3,4)5/h8-13,15-16H,2,14,17H2,1,3-7H3,(H,29,35)/b9-8-,20-10+. The first-order valence-corrected chi connectivity index (χ1v) is 12.1. The van der Waals surface area contributed by atoms with Crippen LogP contribution in [0.1, 0.15) is 39.0 Å². The number of aryl methyl sites for hydroxylation is 1. The van der Waals surface area contributed by atoms with Gasteiger partial charge in [0.25, 0.3) is 0 Å². The van der Waals surface area contributed by atoms with Crippen LogP contribution in [-0.4, -0.2) is 50.7 Å². The summed E-state index contributed by atoms with van der Waals surface area (Å²) in [5.41, 5.74) is 4.05. The van der Waals surface area contributed by atoms with E-state index in [2.05, 4.69) is 33.0 Å². The summed E-state index contributed by atoms with van der Waals surface area (Å²) in [5, 5.41) is 8.43. The van der Waals surface area contributed by atoms with E-state index in [9.17, 15) is 4.79 Å². The Hall–Kier alpha value is -3.85. The molecule has 3 heterocycles. The lowest BCUT2D eigenvalue weighted by molar-refractivity contribution is -0.0792. The van der Waals surface area contributed by atoms with Crippen molar-refractivity contribution in [2.45, 2.75) is 39.8 Å². The molecule has 0 aromatic carbocycles. The lowest BCUT2D eigenvalue weighted by Gasteiger charge is -2.34. The number of urea groups is 1. The van der Waals surface area contributed by atoms with Gasteiger partial charge in [-0.05, 0) is 51.5 Å². The van der Waals surface area contributed by atoms with Crippen LogP contribution in [0.2, 0.25) is 5.02 Å². The molecule has 3 rings (SSSR count). The number of dihydropyridines is 1. The van der Waals surface area contributed by atoms with E-state index in [0.717, 1.165) is 22.6 Å². The van der Waals surface area contributed by atoms with Gasteiger partial charge in [-0.1, -0.05) is 30.3 Å². The third-order valence-electron chi connectivity index (χ3n) is 5.44. The Kier molecular flexibility index (Phi) is 8.94. The topological polar surface area (TPSA) is 93.9 Å². The number of carbonyl (C=O) groups excluding carboxylic acids is 1. The molecule has 37 heavy (non-hydrogen) atoms. The predicted molar refractivity (Wildman–Crippen MR) is 146 cm³/mol. The van der Waals surface area contributed by atoms with Crippen LogP contribution in [0.15, 0.2) is 71.9 Å². The number of ether oxygens (including phenoxy) is 1. The van der Waals surface area contributed by atoms with Crippen molar-refractivity contribution >= 4 is 28.9 Å². The highest BCUT2D eigenvalue weighted by molar-refractivity contribution is 6.31. The number of hydrogen-bond acceptors (Lipinski definition) is 6. The van der Waals surface area contributed by atoms with Gasteiger partial charge in [-0.3, -0.25) is 14.7 Å². The SMILES string of the molecule is C=C(/C=C\C=C1/CN=C(C)C=C1c1ccnn1C)OCc1c(Cl)cncc1ON(C(=O)NC)C(C)(C)C. The first kappa shape index (κ1) is 27.7. The van der Waals surface area contributed by atoms with Gasteiger partial charge >= 0.3 is 6.03 Å². The third-order valence-corrected chi connectivity index (χ3v) is 5.76. The number of nitrogens with zero attached hydrogens (tertiary/aromatic N) is 5. The average Bonchev–Trinajstić information content (AvgIpc) is 3.27. The number of amides is 2. The van der Waals surface area contributed by atoms with Crippen LogP contribution in [-0.2, 0) is 18.4 Å². The zero-order chi connectivity index (χ0) is 27.2. The number of aliphatic imine (C=N–C) groups is 1. The summed E-state index contributed by atoms with van der Waals surface area (Å²) in [4.78, 5) is 26.9. The van der Waals surface area contributed by atoms with Crippen LogP contribution in [0.4, 0.5) is 4.79 Å². The van der Waals surface area contributed by atoms with Gasteiger partial charge in [0.05, 0.1) is 34.6 Å². The molecular formula is C27H33ClN6O3. The molecule has 0 fully saturated rings. The van der Waals surface area contributed by atoms with Crippen LogP contribution in [0.3, 0.4) is 0 Å². The second-order valence-corrected chi connectivity index (χ2v) is 9.78. The van der Waals surface area contributed by atoms with Crippen molar-refractivity contribution in [3.05, 3.63) is 83.2 Å². The van der Waals surface area contributed by atoms with Crippen LogP contribution >= 0.6 is 11.6 Å². The van der Waals surface area contributed by atoms with Gasteiger partial charge < -0.3 is 14.9 Å². The maximum absolute atomic E-state index is 12.4. The normalized spacial score (nSPS) is 14.8. The number of hydroxylamine groups is 2. The third kappa shape index (κ3) is 7.10. The Morgan fingerprint density at radius 1 is 1.35 bits per heavy atom. The molecular weight excluding hydrogens is 492 g/mol. The van der Waals surface area contributed by atoms with E-state index in [0.29, 0.717) is 28.6 Å². The Morgan fingerprint density at radius 3 is 2.76 bits per heavy atom. The van der Waals surface area contributed by atoms with Crippen molar-refractivity contribution in [2.75, 3.05) is 13.6 Å². The highest BCUT2D eigenvalue weighted by atomic mass is 35.5. The van der Waals surface area contributed by atoms with Crippen LogP contribution in [0, 0.1) is 0 Å². The molecule has 0 saturated heterocycles. The lowest BCUT2D eigenvalue weighted by atomic mass is 9.98. The van der Waals surface area contributed by atoms with Crippen LogP contribution in [0.25, 0.3) is 5.57 Å². The van der Waals surface area contributed by atoms with Crippen LogP contribution in [0.5, 0.6) is 5.75 Å². The summed E-state index contributed by atoms with van der Waals surface area (Å²) < 4.78 is 7.69. The molecule has 0 aliphatic carbocycles. The van der Waals surface area contributed by atoms with Crippen molar-refractivity contribution in [1.29, 1.82) is 0 Å². The van der Waals surface area contributed by atoms with E-state index in [1.165, 1.54) is 24.5 Å². The minimum absolute atomic E-state index is 0.0752. The maximum Gasteiger partial charge on any atom is 0.350 e. The molecule has 0 spiro atoms. The fourth-order valence-electron chi connectivity index (χ4n) is 3.49. The summed E-state index contributed by atoms with van der Waals surface area (Å²) in [6.07, 6.45) is 12.4. The Morgan fingerprint density at radius 2 is 2.11 bits per heavy atom. The molecule has 10 heteroatoms. The Balaban J connectivity index is 1.72. The van der Waals surface area contributed by atoms with E-state index < -0.39 is 11.6 Å². The number of nitrogens with one attached hydrogen (secondary N) is 1. The second kappa shape index (κ2) is 11.9. The highest BCUT2D eigenvalue weighted by Gasteiger charge is 2.29. The quantitative estimate of drug-likeness (QED) is 0.288. The number of aromatic nitrogens is 3. The number of hydrogen-bond donors (Lipinski definition) is 1. The van der Waals surface area contributed by atoms with Gasteiger partial charge in [0, 0.05) is 37.8 Å².